The van der Waals surface area contributed by atoms with E-state index in [4.69, 9.17) is 23.2 Å². The first-order valence-corrected chi connectivity index (χ1v) is 7.58. The predicted octanol–water partition coefficient (Wildman–Crippen LogP) is 4.97. The fourth-order valence-electron chi connectivity index (χ4n) is 1.89. The number of anilines is 3. The van der Waals surface area contributed by atoms with Crippen LogP contribution in [0.2, 0.25) is 10.0 Å². The molecule has 2 N–H and O–H groups in total. The lowest BCUT2D eigenvalue weighted by atomic mass is 10.2. The summed E-state index contributed by atoms with van der Waals surface area (Å²) in [5.74, 6) is 2.26. The Morgan fingerprint density at radius 1 is 1.10 bits per heavy atom. The monoisotopic (exact) mass is 324 g/mol. The van der Waals surface area contributed by atoms with Crippen molar-refractivity contribution < 1.29 is 0 Å². The average Bonchev–Trinajstić information content (AvgIpc) is 2.45. The minimum absolute atomic E-state index is 0.484. The molecule has 1 heterocycles. The number of aromatic nitrogens is 2. The SMILES string of the molecule is CCCNc1nc(C)nc(Nc2cccc(Cl)c2Cl)c1C. The number of nitrogens with one attached hydrogen (secondary N) is 2. The van der Waals surface area contributed by atoms with Crippen molar-refractivity contribution in [1.82, 2.24) is 9.97 Å². The molecule has 0 unspecified atom stereocenters. The minimum atomic E-state index is 0.484. The zero-order valence-electron chi connectivity index (χ0n) is 12.3. The van der Waals surface area contributed by atoms with Gasteiger partial charge in [0.25, 0.3) is 0 Å². The quantitative estimate of drug-likeness (QED) is 0.815. The van der Waals surface area contributed by atoms with Crippen molar-refractivity contribution in [2.24, 2.45) is 0 Å². The van der Waals surface area contributed by atoms with Gasteiger partial charge in [-0.05, 0) is 32.4 Å². The lowest BCUT2D eigenvalue weighted by Gasteiger charge is -2.15. The topological polar surface area (TPSA) is 49.8 Å². The van der Waals surface area contributed by atoms with E-state index in [1.165, 1.54) is 0 Å². The Hall–Kier alpha value is -1.52. The molecule has 0 aliphatic heterocycles. The van der Waals surface area contributed by atoms with E-state index < -0.39 is 0 Å². The Morgan fingerprint density at radius 3 is 2.52 bits per heavy atom. The summed E-state index contributed by atoms with van der Waals surface area (Å²) < 4.78 is 0. The summed E-state index contributed by atoms with van der Waals surface area (Å²) in [6.07, 6.45) is 1.03. The molecule has 0 fully saturated rings. The molecule has 0 saturated carbocycles. The molecule has 0 bridgehead atoms. The van der Waals surface area contributed by atoms with Gasteiger partial charge in [0.05, 0.1) is 15.7 Å². The molecule has 21 heavy (non-hydrogen) atoms. The van der Waals surface area contributed by atoms with E-state index in [1.807, 2.05) is 26.0 Å². The van der Waals surface area contributed by atoms with Crippen molar-refractivity contribution in [2.75, 3.05) is 17.2 Å². The van der Waals surface area contributed by atoms with Gasteiger partial charge in [0.2, 0.25) is 0 Å². The summed E-state index contributed by atoms with van der Waals surface area (Å²) in [5.41, 5.74) is 1.68. The first-order valence-electron chi connectivity index (χ1n) is 6.83. The van der Waals surface area contributed by atoms with Gasteiger partial charge in [-0.15, -0.1) is 0 Å². The van der Waals surface area contributed by atoms with Crippen LogP contribution in [0.5, 0.6) is 0 Å². The van der Waals surface area contributed by atoms with E-state index in [2.05, 4.69) is 27.5 Å². The van der Waals surface area contributed by atoms with Gasteiger partial charge in [-0.1, -0.05) is 36.2 Å². The first kappa shape index (κ1) is 15.9. The van der Waals surface area contributed by atoms with E-state index >= 15 is 0 Å². The highest BCUT2D eigenvalue weighted by molar-refractivity contribution is 6.43. The highest BCUT2D eigenvalue weighted by Crippen LogP contribution is 2.32. The summed E-state index contributed by atoms with van der Waals surface area (Å²) in [7, 11) is 0. The molecular formula is C15H18Cl2N4. The molecule has 4 nitrogen and oxygen atoms in total. The second-order valence-corrected chi connectivity index (χ2v) is 5.53. The lowest BCUT2D eigenvalue weighted by molar-refractivity contribution is 0.948. The molecule has 0 aliphatic rings. The van der Waals surface area contributed by atoms with E-state index in [-0.39, 0.29) is 0 Å². The van der Waals surface area contributed by atoms with Gasteiger partial charge < -0.3 is 10.6 Å². The van der Waals surface area contributed by atoms with Gasteiger partial charge in [-0.2, -0.15) is 0 Å². The maximum absolute atomic E-state index is 6.21. The maximum atomic E-state index is 6.21. The van der Waals surface area contributed by atoms with E-state index in [9.17, 15) is 0 Å². The van der Waals surface area contributed by atoms with E-state index in [0.29, 0.717) is 15.9 Å². The molecule has 6 heteroatoms. The van der Waals surface area contributed by atoms with Crippen LogP contribution >= 0.6 is 23.2 Å². The molecule has 0 atom stereocenters. The Bertz CT molecular complexity index is 644. The van der Waals surface area contributed by atoms with Crippen molar-refractivity contribution >= 4 is 40.5 Å². The minimum Gasteiger partial charge on any atom is -0.370 e. The Kier molecular flexibility index (Phi) is 5.26. The van der Waals surface area contributed by atoms with Crippen LogP contribution < -0.4 is 10.6 Å². The van der Waals surface area contributed by atoms with Gasteiger partial charge in [0.1, 0.15) is 17.5 Å². The Labute approximate surface area is 134 Å². The largest absolute Gasteiger partial charge is 0.370 e. The number of hydrogen-bond acceptors (Lipinski definition) is 4. The van der Waals surface area contributed by atoms with Crippen LogP contribution in [0.25, 0.3) is 0 Å². The van der Waals surface area contributed by atoms with Crippen LogP contribution in [-0.4, -0.2) is 16.5 Å². The van der Waals surface area contributed by atoms with Crippen molar-refractivity contribution in [3.63, 3.8) is 0 Å². The summed E-state index contributed by atoms with van der Waals surface area (Å²) in [5, 5.41) is 7.53. The summed E-state index contributed by atoms with van der Waals surface area (Å²) in [4.78, 5) is 8.87. The van der Waals surface area contributed by atoms with Crippen molar-refractivity contribution in [3.05, 3.63) is 39.6 Å². The first-order chi connectivity index (χ1) is 10.0. The molecule has 0 amide bonds. The van der Waals surface area contributed by atoms with Crippen LogP contribution in [0.1, 0.15) is 24.7 Å². The summed E-state index contributed by atoms with van der Waals surface area (Å²) in [6, 6.07) is 5.46. The van der Waals surface area contributed by atoms with Gasteiger partial charge in [0.15, 0.2) is 0 Å². The molecule has 0 radical (unpaired) electrons. The van der Waals surface area contributed by atoms with Crippen LogP contribution in [0.3, 0.4) is 0 Å². The highest BCUT2D eigenvalue weighted by atomic mass is 35.5. The Balaban J connectivity index is 2.35. The second-order valence-electron chi connectivity index (χ2n) is 4.75. The molecule has 2 rings (SSSR count). The smallest absolute Gasteiger partial charge is 0.139 e. The van der Waals surface area contributed by atoms with Crippen LogP contribution in [0, 0.1) is 13.8 Å². The van der Waals surface area contributed by atoms with Crippen molar-refractivity contribution in [3.8, 4) is 0 Å². The predicted molar refractivity (Wildman–Crippen MR) is 90.0 cm³/mol. The molecule has 0 spiro atoms. The van der Waals surface area contributed by atoms with Crippen LogP contribution in [-0.2, 0) is 0 Å². The fraction of sp³-hybridized carbons (Fsp3) is 0.333. The standard InChI is InChI=1S/C15H18Cl2N4/c1-4-8-18-14-9(2)15(20-10(3)19-14)21-12-7-5-6-11(16)13(12)17/h5-7H,4,8H2,1-3H3,(H2,18,19,20,21). The highest BCUT2D eigenvalue weighted by Gasteiger charge is 2.11. The molecule has 1 aromatic carbocycles. The molecular weight excluding hydrogens is 307 g/mol. The number of halogens is 2. The van der Waals surface area contributed by atoms with Gasteiger partial charge >= 0.3 is 0 Å². The third-order valence-corrected chi connectivity index (χ3v) is 3.82. The molecule has 0 saturated heterocycles. The number of aryl methyl sites for hydroxylation is 1. The molecule has 0 aliphatic carbocycles. The van der Waals surface area contributed by atoms with E-state index in [0.717, 1.165) is 35.9 Å². The van der Waals surface area contributed by atoms with Crippen molar-refractivity contribution in [1.29, 1.82) is 0 Å². The molecule has 112 valence electrons. The fourth-order valence-corrected chi connectivity index (χ4v) is 2.24. The van der Waals surface area contributed by atoms with Crippen molar-refractivity contribution in [2.45, 2.75) is 27.2 Å². The molecule has 2 aromatic rings. The zero-order chi connectivity index (χ0) is 15.4. The maximum Gasteiger partial charge on any atom is 0.139 e. The van der Waals surface area contributed by atoms with E-state index in [1.54, 1.807) is 6.07 Å². The molecule has 1 aromatic heterocycles. The summed E-state index contributed by atoms with van der Waals surface area (Å²) in [6.45, 7) is 6.81. The number of hydrogen-bond donors (Lipinski definition) is 2. The number of benzene rings is 1. The third kappa shape index (κ3) is 3.77. The Morgan fingerprint density at radius 2 is 1.81 bits per heavy atom. The van der Waals surface area contributed by atoms with Crippen LogP contribution in [0.15, 0.2) is 18.2 Å². The normalized spacial score (nSPS) is 10.5. The average molecular weight is 325 g/mol. The lowest BCUT2D eigenvalue weighted by Crippen LogP contribution is -2.09. The zero-order valence-corrected chi connectivity index (χ0v) is 13.8. The number of rotatable bonds is 5. The van der Waals surface area contributed by atoms with Gasteiger partial charge in [-0.3, -0.25) is 0 Å². The van der Waals surface area contributed by atoms with Gasteiger partial charge in [0, 0.05) is 12.1 Å². The van der Waals surface area contributed by atoms with Gasteiger partial charge in [-0.25, -0.2) is 9.97 Å². The summed E-state index contributed by atoms with van der Waals surface area (Å²) >= 11 is 12.2. The second kappa shape index (κ2) is 6.96. The number of nitrogens with zero attached hydrogens (tertiary/aromatic N) is 2. The third-order valence-electron chi connectivity index (χ3n) is 3.00. The van der Waals surface area contributed by atoms with Crippen LogP contribution in [0.4, 0.5) is 17.3 Å².